The molecule has 156 valence electrons. The Bertz CT molecular complexity index is 1280. The van der Waals surface area contributed by atoms with Gasteiger partial charge in [0.1, 0.15) is 5.03 Å². The molecule has 1 aliphatic rings. The van der Waals surface area contributed by atoms with Gasteiger partial charge in [-0.05, 0) is 18.6 Å². The van der Waals surface area contributed by atoms with E-state index in [0.29, 0.717) is 40.2 Å². The molecule has 0 aliphatic carbocycles. The van der Waals surface area contributed by atoms with E-state index in [4.69, 9.17) is 27.3 Å². The molecule has 9 heteroatoms. The van der Waals surface area contributed by atoms with Crippen LogP contribution in [0.2, 0.25) is 5.02 Å². The molecule has 0 bridgehead atoms. The highest BCUT2D eigenvalue weighted by Gasteiger charge is 2.24. The highest BCUT2D eigenvalue weighted by Crippen LogP contribution is 2.38. The molecule has 1 atom stereocenters. The fourth-order valence-corrected chi connectivity index (χ4v) is 5.05. The molecule has 3 heterocycles. The Balaban J connectivity index is 1.64. The number of hydrogen-bond acceptors (Lipinski definition) is 6. The van der Waals surface area contributed by atoms with Crippen LogP contribution in [0.15, 0.2) is 53.7 Å². The molecule has 1 saturated heterocycles. The van der Waals surface area contributed by atoms with Crippen LogP contribution in [0.4, 0.5) is 5.82 Å². The van der Waals surface area contributed by atoms with E-state index in [-0.39, 0.29) is 11.2 Å². The van der Waals surface area contributed by atoms with Gasteiger partial charge in [0.05, 0.1) is 28.1 Å². The van der Waals surface area contributed by atoms with Gasteiger partial charge in [0, 0.05) is 34.7 Å². The third kappa shape index (κ3) is 3.96. The first kappa shape index (κ1) is 19.8. The van der Waals surface area contributed by atoms with Crippen LogP contribution in [0, 0.1) is 0 Å². The van der Waals surface area contributed by atoms with Gasteiger partial charge in [-0.1, -0.05) is 53.7 Å². The van der Waals surface area contributed by atoms with E-state index in [1.165, 1.54) is 11.8 Å². The summed E-state index contributed by atoms with van der Waals surface area (Å²) in [4.78, 5) is 21.5. The number of nitrogens with two attached hydrogens (primary N) is 1. The molecule has 7 nitrogen and oxygen atoms in total. The molecule has 4 N–H and O–H groups in total. The van der Waals surface area contributed by atoms with Crippen LogP contribution >= 0.6 is 23.4 Å². The van der Waals surface area contributed by atoms with Crippen molar-refractivity contribution >= 4 is 46.0 Å². The second kappa shape index (κ2) is 8.20. The number of benzene rings is 2. The van der Waals surface area contributed by atoms with Crippen molar-refractivity contribution in [2.75, 3.05) is 12.3 Å². The first-order chi connectivity index (χ1) is 15.1. The average Bonchev–Trinajstić information content (AvgIpc) is 3.25. The lowest BCUT2D eigenvalue weighted by Gasteiger charge is -2.22. The Morgan fingerprint density at radius 3 is 2.71 bits per heavy atom. The second-order valence-electron chi connectivity index (χ2n) is 7.35. The molecule has 1 amide bonds. The van der Waals surface area contributed by atoms with E-state index in [9.17, 15) is 4.79 Å². The number of nitrogens with one attached hydrogen (secondary N) is 2. The molecule has 2 aromatic carbocycles. The number of piperidine rings is 1. The number of amides is 1. The molecular weight excluding hydrogens is 432 g/mol. The number of hydrogen-bond donors (Lipinski definition) is 3. The lowest BCUT2D eigenvalue weighted by Crippen LogP contribution is -2.34. The Hall–Kier alpha value is -3.10. The first-order valence-corrected chi connectivity index (χ1v) is 11.1. The standard InChI is InChI=1S/C22H19ClN6OS/c23-16-9-13(8-14-11-26-29-18(14)16)20-19(12-4-2-1-3-5-12)27-21(24)22(28-20)31-15-6-7-25-17(30)10-15/h1-5,8-9,11,15H,6-7,10H2,(H2,24,27)(H,25,30)(H,26,29). The van der Waals surface area contributed by atoms with E-state index in [2.05, 4.69) is 15.5 Å². The summed E-state index contributed by atoms with van der Waals surface area (Å²) in [7, 11) is 0. The third-order valence-electron chi connectivity index (χ3n) is 5.19. The number of aromatic nitrogens is 4. The van der Waals surface area contributed by atoms with E-state index in [1.807, 2.05) is 42.5 Å². The molecule has 1 aliphatic heterocycles. The summed E-state index contributed by atoms with van der Waals surface area (Å²) in [6.07, 6.45) is 3.03. The predicted molar refractivity (Wildman–Crippen MR) is 124 cm³/mol. The van der Waals surface area contributed by atoms with Crippen molar-refractivity contribution in [3.63, 3.8) is 0 Å². The Morgan fingerprint density at radius 1 is 1.10 bits per heavy atom. The number of carbonyl (C=O) groups excluding carboxylic acids is 1. The van der Waals surface area contributed by atoms with Crippen molar-refractivity contribution in [2.45, 2.75) is 23.1 Å². The number of halogens is 1. The van der Waals surface area contributed by atoms with Crippen LogP contribution in [0.25, 0.3) is 33.4 Å². The first-order valence-electron chi connectivity index (χ1n) is 9.88. The maximum Gasteiger partial charge on any atom is 0.221 e. The molecule has 0 radical (unpaired) electrons. The van der Waals surface area contributed by atoms with Crippen molar-refractivity contribution in [1.82, 2.24) is 25.5 Å². The maximum absolute atomic E-state index is 11.8. The minimum absolute atomic E-state index is 0.0496. The van der Waals surface area contributed by atoms with Gasteiger partial charge in [0.2, 0.25) is 5.91 Å². The highest BCUT2D eigenvalue weighted by molar-refractivity contribution is 8.00. The van der Waals surface area contributed by atoms with E-state index >= 15 is 0 Å². The second-order valence-corrected chi connectivity index (χ2v) is 9.05. The van der Waals surface area contributed by atoms with Crippen LogP contribution in [-0.4, -0.2) is 37.9 Å². The van der Waals surface area contributed by atoms with Crippen molar-refractivity contribution in [2.24, 2.45) is 0 Å². The summed E-state index contributed by atoms with van der Waals surface area (Å²) in [5.74, 6) is 0.405. The molecule has 1 fully saturated rings. The van der Waals surface area contributed by atoms with Gasteiger partial charge >= 0.3 is 0 Å². The Kier molecular flexibility index (Phi) is 5.25. The summed E-state index contributed by atoms with van der Waals surface area (Å²) < 4.78 is 0. The molecule has 0 spiro atoms. The Morgan fingerprint density at radius 2 is 1.90 bits per heavy atom. The number of H-pyrrole nitrogens is 1. The van der Waals surface area contributed by atoms with E-state index < -0.39 is 0 Å². The third-order valence-corrected chi connectivity index (χ3v) is 6.75. The fourth-order valence-electron chi connectivity index (χ4n) is 3.68. The molecular formula is C22H19ClN6OS. The number of anilines is 1. The summed E-state index contributed by atoms with van der Waals surface area (Å²) in [5, 5.41) is 12.0. The monoisotopic (exact) mass is 450 g/mol. The molecule has 5 rings (SSSR count). The summed E-state index contributed by atoms with van der Waals surface area (Å²) >= 11 is 8.01. The van der Waals surface area contributed by atoms with Gasteiger partial charge in [0.25, 0.3) is 0 Å². The Labute approximate surface area is 187 Å². The van der Waals surface area contributed by atoms with Gasteiger partial charge in [-0.3, -0.25) is 9.89 Å². The molecule has 4 aromatic rings. The minimum Gasteiger partial charge on any atom is -0.381 e. The van der Waals surface area contributed by atoms with Crippen LogP contribution in [0.5, 0.6) is 0 Å². The molecule has 0 saturated carbocycles. The van der Waals surface area contributed by atoms with Crippen LogP contribution in [0.3, 0.4) is 0 Å². The number of rotatable bonds is 4. The zero-order valence-electron chi connectivity index (χ0n) is 16.4. The average molecular weight is 451 g/mol. The van der Waals surface area contributed by atoms with Crippen LogP contribution < -0.4 is 11.1 Å². The van der Waals surface area contributed by atoms with Gasteiger partial charge in [-0.2, -0.15) is 5.10 Å². The van der Waals surface area contributed by atoms with Crippen molar-refractivity contribution < 1.29 is 4.79 Å². The quantitative estimate of drug-likeness (QED) is 0.427. The molecule has 31 heavy (non-hydrogen) atoms. The van der Waals surface area contributed by atoms with Crippen molar-refractivity contribution in [3.05, 3.63) is 53.7 Å². The van der Waals surface area contributed by atoms with Gasteiger partial charge in [0.15, 0.2) is 5.82 Å². The van der Waals surface area contributed by atoms with E-state index in [1.54, 1.807) is 6.20 Å². The SMILES string of the molecule is Nc1nc(-c2ccccc2)c(-c2cc(Cl)c3[nH]ncc3c2)nc1SC1CCNC(=O)C1. The molecule has 2 aromatic heterocycles. The number of thioether (sulfide) groups is 1. The van der Waals surface area contributed by atoms with Gasteiger partial charge in [-0.15, -0.1) is 0 Å². The topological polar surface area (TPSA) is 110 Å². The smallest absolute Gasteiger partial charge is 0.221 e. The largest absolute Gasteiger partial charge is 0.381 e. The summed E-state index contributed by atoms with van der Waals surface area (Å²) in [5.41, 5.74) is 10.2. The predicted octanol–water partition coefficient (Wildman–Crippen LogP) is 4.29. The normalized spacial score (nSPS) is 16.4. The summed E-state index contributed by atoms with van der Waals surface area (Å²) in [6, 6.07) is 13.6. The number of nitrogen functional groups attached to an aromatic ring is 1. The molecule has 1 unspecified atom stereocenters. The highest BCUT2D eigenvalue weighted by atomic mass is 35.5. The fraction of sp³-hybridized carbons (Fsp3) is 0.182. The van der Waals surface area contributed by atoms with Crippen LogP contribution in [0.1, 0.15) is 12.8 Å². The van der Waals surface area contributed by atoms with Crippen LogP contribution in [-0.2, 0) is 4.79 Å². The number of aromatic amines is 1. The zero-order valence-corrected chi connectivity index (χ0v) is 18.0. The lowest BCUT2D eigenvalue weighted by molar-refractivity contribution is -0.121. The number of fused-ring (bicyclic) bond motifs is 1. The maximum atomic E-state index is 11.8. The van der Waals surface area contributed by atoms with Gasteiger partial charge in [-0.25, -0.2) is 9.97 Å². The number of nitrogens with zero attached hydrogens (tertiary/aromatic N) is 3. The van der Waals surface area contributed by atoms with Crippen molar-refractivity contribution in [3.8, 4) is 22.5 Å². The lowest BCUT2D eigenvalue weighted by atomic mass is 10.0. The summed E-state index contributed by atoms with van der Waals surface area (Å²) in [6.45, 7) is 0.658. The van der Waals surface area contributed by atoms with E-state index in [0.717, 1.165) is 28.5 Å². The zero-order chi connectivity index (χ0) is 21.4. The number of carbonyl (C=O) groups is 1. The van der Waals surface area contributed by atoms with Gasteiger partial charge < -0.3 is 11.1 Å². The van der Waals surface area contributed by atoms with Crippen molar-refractivity contribution in [1.29, 1.82) is 0 Å². The minimum atomic E-state index is 0.0496.